The summed E-state index contributed by atoms with van der Waals surface area (Å²) in [5.74, 6) is 2.49. The first-order valence-corrected chi connectivity index (χ1v) is 11.1. The van der Waals surface area contributed by atoms with E-state index in [0.29, 0.717) is 52.0 Å². The highest BCUT2D eigenvalue weighted by Gasteiger charge is 2.23. The molecule has 0 saturated carbocycles. The van der Waals surface area contributed by atoms with Crippen LogP contribution < -0.4 is 15.0 Å². The Morgan fingerprint density at radius 2 is 1.73 bits per heavy atom. The Morgan fingerprint density at radius 1 is 0.970 bits per heavy atom. The maximum Gasteiger partial charge on any atom is 0.265 e. The number of ether oxygens (including phenoxy) is 2. The quantitative estimate of drug-likeness (QED) is 0.412. The summed E-state index contributed by atoms with van der Waals surface area (Å²) in [6, 6.07) is 13.3. The highest BCUT2D eigenvalue weighted by Crippen LogP contribution is 2.36. The fourth-order valence-corrected chi connectivity index (χ4v) is 4.35. The lowest BCUT2D eigenvalue weighted by Crippen LogP contribution is -2.24. The van der Waals surface area contributed by atoms with E-state index in [-0.39, 0.29) is 12.4 Å². The largest absolute Gasteiger partial charge is 0.454 e. The van der Waals surface area contributed by atoms with E-state index in [4.69, 9.17) is 24.4 Å². The fraction of sp³-hybridized carbons (Fsp3) is 0.280. The molecule has 4 heterocycles. The molecule has 0 atom stereocenters. The van der Waals surface area contributed by atoms with Gasteiger partial charge in [0.25, 0.3) is 5.56 Å². The third-order valence-corrected chi connectivity index (χ3v) is 6.10. The van der Waals surface area contributed by atoms with Crippen molar-refractivity contribution in [3.8, 4) is 17.2 Å². The van der Waals surface area contributed by atoms with Gasteiger partial charge in [0.15, 0.2) is 22.8 Å². The molecule has 8 nitrogen and oxygen atoms in total. The lowest BCUT2D eigenvalue weighted by molar-refractivity contribution is 0.174. The van der Waals surface area contributed by atoms with Gasteiger partial charge in [0, 0.05) is 12.6 Å². The van der Waals surface area contributed by atoms with E-state index in [1.165, 1.54) is 0 Å². The van der Waals surface area contributed by atoms with Crippen molar-refractivity contribution >= 4 is 33.2 Å². The molecule has 5 aromatic rings. The Hall–Kier alpha value is -3.94. The second kappa shape index (κ2) is 7.30. The average Bonchev–Trinajstić information content (AvgIpc) is 3.38. The summed E-state index contributed by atoms with van der Waals surface area (Å²) in [5.41, 5.74) is 3.88. The van der Waals surface area contributed by atoms with Gasteiger partial charge in [-0.15, -0.1) is 0 Å². The zero-order valence-electron chi connectivity index (χ0n) is 18.7. The summed E-state index contributed by atoms with van der Waals surface area (Å²) < 4.78 is 14.7. The van der Waals surface area contributed by atoms with E-state index < -0.39 is 0 Å². The normalized spacial score (nSPS) is 13.1. The van der Waals surface area contributed by atoms with Gasteiger partial charge in [0.1, 0.15) is 16.7 Å². The van der Waals surface area contributed by atoms with Gasteiger partial charge in [-0.3, -0.25) is 13.9 Å². The van der Waals surface area contributed by atoms with E-state index >= 15 is 0 Å². The summed E-state index contributed by atoms with van der Waals surface area (Å²) in [6.45, 7) is 6.97. The molecular weight excluding hydrogens is 418 g/mol. The molecule has 0 saturated heterocycles. The number of para-hydroxylation sites is 2. The molecule has 0 radical (unpaired) electrons. The van der Waals surface area contributed by atoms with Gasteiger partial charge in [-0.25, -0.2) is 15.0 Å². The van der Waals surface area contributed by atoms with E-state index in [2.05, 4.69) is 13.8 Å². The number of aromatic nitrogens is 5. The summed E-state index contributed by atoms with van der Waals surface area (Å²) >= 11 is 0. The molecule has 3 aromatic heterocycles. The van der Waals surface area contributed by atoms with E-state index in [1.807, 2.05) is 54.0 Å². The third-order valence-electron chi connectivity index (χ3n) is 6.10. The Bertz CT molecular complexity index is 1620. The molecule has 0 fully saturated rings. The second-order valence-corrected chi connectivity index (χ2v) is 8.75. The Labute approximate surface area is 189 Å². The molecule has 0 unspecified atom stereocenters. The smallest absolute Gasteiger partial charge is 0.265 e. The molecule has 0 N–H and O–H groups in total. The van der Waals surface area contributed by atoms with Crippen molar-refractivity contribution in [1.29, 1.82) is 0 Å². The van der Waals surface area contributed by atoms with Gasteiger partial charge < -0.3 is 9.47 Å². The Balaban J connectivity index is 1.72. The van der Waals surface area contributed by atoms with Crippen molar-refractivity contribution in [1.82, 2.24) is 24.1 Å². The van der Waals surface area contributed by atoms with Crippen LogP contribution in [-0.4, -0.2) is 30.9 Å². The van der Waals surface area contributed by atoms with Crippen LogP contribution >= 0.6 is 0 Å². The van der Waals surface area contributed by atoms with Gasteiger partial charge in [0.2, 0.25) is 6.79 Å². The summed E-state index contributed by atoms with van der Waals surface area (Å²) in [5, 5.41) is 0.482. The van der Waals surface area contributed by atoms with Gasteiger partial charge >= 0.3 is 0 Å². The number of hydrogen-bond acceptors (Lipinski definition) is 6. The number of rotatable bonds is 4. The van der Waals surface area contributed by atoms with E-state index in [9.17, 15) is 4.79 Å². The van der Waals surface area contributed by atoms with Gasteiger partial charge in [-0.05, 0) is 43.5 Å². The highest BCUT2D eigenvalue weighted by atomic mass is 16.7. The van der Waals surface area contributed by atoms with Crippen molar-refractivity contribution in [2.24, 2.45) is 5.92 Å². The molecular formula is C25H23N5O3. The lowest BCUT2D eigenvalue weighted by atomic mass is 10.1. The first-order chi connectivity index (χ1) is 16.0. The SMILES string of the molecule is Cc1nc2c(c(=O)n1CCC(C)C)c1nc3ccccc3nc1n2-c1ccc2c(c1)OCO2. The van der Waals surface area contributed by atoms with E-state index in [1.54, 1.807) is 4.57 Å². The predicted octanol–water partition coefficient (Wildman–Crippen LogP) is 4.37. The van der Waals surface area contributed by atoms with Crippen LogP contribution in [0.1, 0.15) is 26.1 Å². The molecule has 0 spiro atoms. The van der Waals surface area contributed by atoms with Crippen LogP contribution in [0.15, 0.2) is 47.3 Å². The van der Waals surface area contributed by atoms with Gasteiger partial charge in [0.05, 0.1) is 16.7 Å². The minimum atomic E-state index is -0.0905. The topological polar surface area (TPSA) is 84.1 Å². The summed E-state index contributed by atoms with van der Waals surface area (Å²) in [7, 11) is 0. The number of fused-ring (bicyclic) bond motifs is 5. The maximum absolute atomic E-state index is 13.7. The van der Waals surface area contributed by atoms with Crippen molar-refractivity contribution in [2.45, 2.75) is 33.7 Å². The summed E-state index contributed by atoms with van der Waals surface area (Å²) in [4.78, 5) is 28.4. The monoisotopic (exact) mass is 441 g/mol. The standard InChI is InChI=1S/C25H23N5O3/c1-14(2)10-11-29-15(3)26-23-21(25(29)31)22-24(28-18-7-5-4-6-17(18)27-22)30(23)16-8-9-19-20(12-16)33-13-32-19/h4-9,12,14H,10-11,13H2,1-3H3. The van der Waals surface area contributed by atoms with Crippen molar-refractivity contribution in [3.63, 3.8) is 0 Å². The van der Waals surface area contributed by atoms with Crippen molar-refractivity contribution < 1.29 is 9.47 Å². The maximum atomic E-state index is 13.7. The van der Waals surface area contributed by atoms with Crippen LogP contribution in [0.25, 0.3) is 38.9 Å². The molecule has 1 aliphatic rings. The second-order valence-electron chi connectivity index (χ2n) is 8.75. The zero-order valence-corrected chi connectivity index (χ0v) is 18.7. The minimum Gasteiger partial charge on any atom is -0.454 e. The molecule has 166 valence electrons. The van der Waals surface area contributed by atoms with Crippen LogP contribution in [0.2, 0.25) is 0 Å². The Morgan fingerprint density at radius 3 is 2.52 bits per heavy atom. The van der Waals surface area contributed by atoms with Crippen molar-refractivity contribution in [2.75, 3.05) is 6.79 Å². The molecule has 0 bridgehead atoms. The number of aryl methyl sites for hydroxylation is 1. The highest BCUT2D eigenvalue weighted by molar-refractivity contribution is 6.05. The van der Waals surface area contributed by atoms with Gasteiger partial charge in [-0.1, -0.05) is 26.0 Å². The number of nitrogens with zero attached hydrogens (tertiary/aromatic N) is 5. The molecule has 8 heteroatoms. The molecule has 33 heavy (non-hydrogen) atoms. The molecule has 6 rings (SSSR count). The van der Waals surface area contributed by atoms with Crippen LogP contribution in [0.3, 0.4) is 0 Å². The molecule has 1 aliphatic heterocycles. The average molecular weight is 441 g/mol. The third kappa shape index (κ3) is 3.05. The van der Waals surface area contributed by atoms with Crippen LogP contribution in [-0.2, 0) is 6.54 Å². The van der Waals surface area contributed by atoms with Crippen LogP contribution in [0.4, 0.5) is 0 Å². The number of hydrogen-bond donors (Lipinski definition) is 0. The van der Waals surface area contributed by atoms with Crippen molar-refractivity contribution in [3.05, 3.63) is 58.6 Å². The van der Waals surface area contributed by atoms with Gasteiger partial charge in [-0.2, -0.15) is 0 Å². The fourth-order valence-electron chi connectivity index (χ4n) is 4.35. The van der Waals surface area contributed by atoms with E-state index in [0.717, 1.165) is 23.1 Å². The predicted molar refractivity (Wildman–Crippen MR) is 126 cm³/mol. The number of benzene rings is 2. The first kappa shape index (κ1) is 19.7. The molecule has 2 aromatic carbocycles. The first-order valence-electron chi connectivity index (χ1n) is 11.1. The van der Waals surface area contributed by atoms with Crippen LogP contribution in [0, 0.1) is 12.8 Å². The lowest BCUT2D eigenvalue weighted by Gasteiger charge is -2.12. The molecule has 0 amide bonds. The minimum absolute atomic E-state index is 0.0905. The van der Waals surface area contributed by atoms with Crippen LogP contribution in [0.5, 0.6) is 11.5 Å². The summed E-state index contributed by atoms with van der Waals surface area (Å²) in [6.07, 6.45) is 0.892. The zero-order chi connectivity index (χ0) is 22.7. The molecule has 0 aliphatic carbocycles. The Kier molecular flexibility index (Phi) is 4.36.